The van der Waals surface area contributed by atoms with Gasteiger partial charge in [-0.1, -0.05) is 271 Å². The Hall–Kier alpha value is -6.53. The Balaban J connectivity index is 4.75. The lowest BCUT2D eigenvalue weighted by Crippen LogP contribution is -2.30. The standard InChI is InChI=1S/C65H88O6/c1-4-7-10-13-16-19-22-25-28-30-32-34-37-40-43-46-49-52-55-58-64(67)70-61-62(60-69-63(66)57-54-51-48-45-42-39-36-27-24-21-18-15-12-9-6-3)71-65(68)59-56-53-50-47-44-41-38-35-33-31-29-26-23-20-17-14-11-8-5-2/h7-44,62H,4-6,45-61H2,1-3H3/b10-7-,11-8-,12-9-,16-13-,17-14-,18-15-,22-19-,23-20-,24-21-,28-25-,29-26-,32-30+,33-31+,36-27-,37-34-,38-35-,42-39-,43-40-,44-41-. The molecule has 6 nitrogen and oxygen atoms in total. The molecule has 0 radical (unpaired) electrons. The van der Waals surface area contributed by atoms with Crippen LogP contribution in [0.5, 0.6) is 0 Å². The van der Waals surface area contributed by atoms with E-state index in [4.69, 9.17) is 14.2 Å². The summed E-state index contributed by atoms with van der Waals surface area (Å²) in [6.45, 7) is 6.03. The maximum Gasteiger partial charge on any atom is 0.306 e. The van der Waals surface area contributed by atoms with Gasteiger partial charge in [0.1, 0.15) is 13.2 Å². The van der Waals surface area contributed by atoms with Gasteiger partial charge in [0, 0.05) is 19.3 Å². The number of carbonyl (C=O) groups is 3. The number of hydrogen-bond acceptors (Lipinski definition) is 6. The van der Waals surface area contributed by atoms with Crippen molar-refractivity contribution in [1.82, 2.24) is 0 Å². The van der Waals surface area contributed by atoms with Crippen LogP contribution in [0.2, 0.25) is 0 Å². The summed E-state index contributed by atoms with van der Waals surface area (Å²) in [5.74, 6) is -1.10. The molecule has 0 fully saturated rings. The lowest BCUT2D eigenvalue weighted by atomic mass is 10.1. The fourth-order valence-electron chi connectivity index (χ4n) is 5.84. The molecule has 0 rings (SSSR count). The maximum atomic E-state index is 12.8. The molecule has 0 aromatic carbocycles. The maximum absolute atomic E-state index is 12.8. The van der Waals surface area contributed by atoms with E-state index in [1.54, 1.807) is 0 Å². The van der Waals surface area contributed by atoms with E-state index in [0.29, 0.717) is 19.3 Å². The van der Waals surface area contributed by atoms with Gasteiger partial charge in [0.15, 0.2) is 6.10 Å². The van der Waals surface area contributed by atoms with Crippen LogP contribution in [0.15, 0.2) is 231 Å². The Morgan fingerprint density at radius 3 is 0.761 bits per heavy atom. The molecular weight excluding hydrogens is 877 g/mol. The minimum atomic E-state index is -0.857. The number of unbranched alkanes of at least 4 members (excludes halogenated alkanes) is 9. The molecule has 71 heavy (non-hydrogen) atoms. The average molecular weight is 965 g/mol. The van der Waals surface area contributed by atoms with Crippen LogP contribution in [-0.4, -0.2) is 37.2 Å². The molecule has 0 amide bonds. The van der Waals surface area contributed by atoms with E-state index in [0.717, 1.165) is 77.0 Å². The van der Waals surface area contributed by atoms with Gasteiger partial charge in [-0.2, -0.15) is 0 Å². The van der Waals surface area contributed by atoms with Gasteiger partial charge in [-0.05, 0) is 77.0 Å². The number of carbonyl (C=O) groups excluding carboxylic acids is 3. The van der Waals surface area contributed by atoms with E-state index >= 15 is 0 Å². The van der Waals surface area contributed by atoms with Crippen LogP contribution in [0.1, 0.15) is 136 Å². The number of rotatable bonds is 42. The minimum Gasteiger partial charge on any atom is -0.462 e. The Morgan fingerprint density at radius 2 is 0.507 bits per heavy atom. The Morgan fingerprint density at radius 1 is 0.282 bits per heavy atom. The molecule has 6 heteroatoms. The molecule has 0 aliphatic rings. The van der Waals surface area contributed by atoms with Crippen molar-refractivity contribution in [1.29, 1.82) is 0 Å². The van der Waals surface area contributed by atoms with Crippen molar-refractivity contribution < 1.29 is 28.6 Å². The first-order valence-electron chi connectivity index (χ1n) is 26.2. The molecule has 0 aromatic rings. The smallest absolute Gasteiger partial charge is 0.306 e. The van der Waals surface area contributed by atoms with Crippen molar-refractivity contribution >= 4 is 17.9 Å². The summed E-state index contributed by atoms with van der Waals surface area (Å²) in [6.07, 6.45) is 90.1. The van der Waals surface area contributed by atoms with Crippen LogP contribution in [0.25, 0.3) is 0 Å². The highest BCUT2D eigenvalue weighted by molar-refractivity contribution is 5.71. The molecule has 0 N–H and O–H groups in total. The SMILES string of the molecule is CC\C=C/C=C\C=C/C=C\C=C/CCCCCC(=O)OCC(COC(=O)CCCCC\C=C/C=C\C=C\C=C/C=C\C=C/C=C\CC)OC(=O)CCCCC\C=C/C=C\C=C\C=C/C=C\C=C/C=C\CC. The van der Waals surface area contributed by atoms with E-state index in [-0.39, 0.29) is 44.4 Å². The topological polar surface area (TPSA) is 78.9 Å². The summed E-state index contributed by atoms with van der Waals surface area (Å²) in [5.41, 5.74) is 0. The second kappa shape index (κ2) is 56.1. The van der Waals surface area contributed by atoms with Crippen molar-refractivity contribution in [3.05, 3.63) is 231 Å². The molecular formula is C65H88O6. The van der Waals surface area contributed by atoms with E-state index < -0.39 is 12.1 Å². The van der Waals surface area contributed by atoms with Crippen LogP contribution < -0.4 is 0 Å². The molecule has 1 atom stereocenters. The summed E-state index contributed by atoms with van der Waals surface area (Å²) in [7, 11) is 0. The second-order valence-corrected chi connectivity index (χ2v) is 16.1. The lowest BCUT2D eigenvalue weighted by molar-refractivity contribution is -0.167. The van der Waals surface area contributed by atoms with E-state index in [9.17, 15) is 14.4 Å². The van der Waals surface area contributed by atoms with Gasteiger partial charge >= 0.3 is 17.9 Å². The van der Waals surface area contributed by atoms with Gasteiger partial charge < -0.3 is 14.2 Å². The highest BCUT2D eigenvalue weighted by Crippen LogP contribution is 2.11. The van der Waals surface area contributed by atoms with Crippen molar-refractivity contribution in [2.75, 3.05) is 13.2 Å². The normalized spacial score (nSPS) is 14.0. The molecule has 0 bridgehead atoms. The highest BCUT2D eigenvalue weighted by Gasteiger charge is 2.19. The van der Waals surface area contributed by atoms with Gasteiger partial charge in [0.05, 0.1) is 0 Å². The van der Waals surface area contributed by atoms with Gasteiger partial charge in [-0.25, -0.2) is 0 Å². The Labute approximate surface area is 431 Å². The van der Waals surface area contributed by atoms with E-state index in [1.807, 2.05) is 194 Å². The zero-order valence-electron chi connectivity index (χ0n) is 43.6. The van der Waals surface area contributed by atoms with Crippen molar-refractivity contribution in [2.45, 2.75) is 142 Å². The third kappa shape index (κ3) is 54.3. The predicted octanol–water partition coefficient (Wildman–Crippen LogP) is 17.6. The summed E-state index contributed by atoms with van der Waals surface area (Å²) < 4.78 is 16.7. The van der Waals surface area contributed by atoms with Gasteiger partial charge in [0.2, 0.25) is 0 Å². The number of ether oxygens (including phenoxy) is 3. The fraction of sp³-hybridized carbons (Fsp3) is 0.369. The minimum absolute atomic E-state index is 0.151. The van der Waals surface area contributed by atoms with Crippen molar-refractivity contribution in [2.24, 2.45) is 0 Å². The quantitative estimate of drug-likeness (QED) is 0.0262. The zero-order chi connectivity index (χ0) is 51.4. The fourth-order valence-corrected chi connectivity index (χ4v) is 5.84. The van der Waals surface area contributed by atoms with Gasteiger partial charge in [-0.3, -0.25) is 14.4 Å². The molecule has 0 heterocycles. The van der Waals surface area contributed by atoms with Gasteiger partial charge in [-0.15, -0.1) is 0 Å². The van der Waals surface area contributed by atoms with Crippen LogP contribution in [0, 0.1) is 0 Å². The molecule has 0 aromatic heterocycles. The van der Waals surface area contributed by atoms with E-state index in [2.05, 4.69) is 57.2 Å². The highest BCUT2D eigenvalue weighted by atomic mass is 16.6. The van der Waals surface area contributed by atoms with Crippen molar-refractivity contribution in [3.63, 3.8) is 0 Å². The predicted molar refractivity (Wildman–Crippen MR) is 306 cm³/mol. The average Bonchev–Trinajstić information content (AvgIpc) is 3.37. The number of esters is 3. The lowest BCUT2D eigenvalue weighted by Gasteiger charge is -2.18. The molecule has 0 aliphatic heterocycles. The molecule has 0 spiro atoms. The van der Waals surface area contributed by atoms with Crippen LogP contribution in [0.3, 0.4) is 0 Å². The Kier molecular flexibility index (Phi) is 50.9. The first kappa shape index (κ1) is 64.5. The summed E-state index contributed by atoms with van der Waals surface area (Å²) in [4.78, 5) is 38.1. The molecule has 0 saturated heterocycles. The summed E-state index contributed by atoms with van der Waals surface area (Å²) in [6, 6.07) is 0. The Bertz CT molecular complexity index is 1920. The summed E-state index contributed by atoms with van der Waals surface area (Å²) >= 11 is 0. The van der Waals surface area contributed by atoms with Crippen molar-refractivity contribution in [3.8, 4) is 0 Å². The third-order valence-corrected chi connectivity index (χ3v) is 9.66. The third-order valence-electron chi connectivity index (χ3n) is 9.66. The second-order valence-electron chi connectivity index (χ2n) is 16.1. The zero-order valence-corrected chi connectivity index (χ0v) is 43.6. The number of allylic oxidation sites excluding steroid dienone is 38. The first-order valence-corrected chi connectivity index (χ1v) is 26.2. The summed E-state index contributed by atoms with van der Waals surface area (Å²) in [5, 5.41) is 0. The number of hydrogen-bond donors (Lipinski definition) is 0. The first-order chi connectivity index (χ1) is 35.0. The molecule has 1 unspecified atom stereocenters. The van der Waals surface area contributed by atoms with Crippen LogP contribution >= 0.6 is 0 Å². The van der Waals surface area contributed by atoms with Crippen LogP contribution in [-0.2, 0) is 28.6 Å². The molecule has 0 aliphatic carbocycles. The van der Waals surface area contributed by atoms with E-state index in [1.165, 1.54) is 0 Å². The largest absolute Gasteiger partial charge is 0.462 e. The molecule has 0 saturated carbocycles. The van der Waals surface area contributed by atoms with Crippen LogP contribution in [0.4, 0.5) is 0 Å². The monoisotopic (exact) mass is 965 g/mol. The molecule has 384 valence electrons. The van der Waals surface area contributed by atoms with Gasteiger partial charge in [0.25, 0.3) is 0 Å².